The molecule has 1 atom stereocenters. The van der Waals surface area contributed by atoms with Gasteiger partial charge in [-0.1, -0.05) is 29.8 Å². The van der Waals surface area contributed by atoms with Crippen molar-refractivity contribution in [2.75, 3.05) is 0 Å². The zero-order valence-electron chi connectivity index (χ0n) is 7.53. The monoisotopic (exact) mass is 195 g/mol. The summed E-state index contributed by atoms with van der Waals surface area (Å²) in [5, 5.41) is 8.83. The van der Waals surface area contributed by atoms with Gasteiger partial charge in [0.05, 0.1) is 6.04 Å². The number of hydrogen-bond donors (Lipinski definition) is 2. The molecule has 0 fully saturated rings. The lowest BCUT2D eigenvalue weighted by atomic mass is 10.1. The summed E-state index contributed by atoms with van der Waals surface area (Å²) in [6, 6.07) is 7.57. The Morgan fingerprint density at radius 1 is 1.62 bits per heavy atom. The van der Waals surface area contributed by atoms with E-state index in [4.69, 9.17) is 10.8 Å². The lowest BCUT2D eigenvalue weighted by molar-refractivity contribution is 0.529. The van der Waals surface area contributed by atoms with Gasteiger partial charge in [0.2, 0.25) is 0 Å². The van der Waals surface area contributed by atoms with E-state index in [9.17, 15) is 0 Å². The second kappa shape index (κ2) is 4.35. The minimum Gasteiger partial charge on any atom is -0.501 e. The highest BCUT2D eigenvalue weighted by Crippen LogP contribution is 2.06. The molecule has 1 rings (SSSR count). The van der Waals surface area contributed by atoms with Crippen molar-refractivity contribution >= 4 is 17.3 Å². The molecule has 3 heteroatoms. The second-order valence-corrected chi connectivity index (χ2v) is 3.56. The summed E-state index contributed by atoms with van der Waals surface area (Å²) in [6.07, 6.45) is 0.594. The fourth-order valence-corrected chi connectivity index (χ4v) is 1.26. The van der Waals surface area contributed by atoms with Crippen molar-refractivity contribution in [2.24, 2.45) is 5.73 Å². The Hall–Kier alpha value is -0.930. The SMILES string of the molecule is Cc1cccc(C[C@H](N)C(O)=S)c1. The molecule has 2 nitrogen and oxygen atoms in total. The number of aryl methyl sites for hydroxylation is 1. The first-order valence-electron chi connectivity index (χ1n) is 4.13. The van der Waals surface area contributed by atoms with E-state index in [-0.39, 0.29) is 5.05 Å². The van der Waals surface area contributed by atoms with Crippen LogP contribution in [0.5, 0.6) is 0 Å². The van der Waals surface area contributed by atoms with E-state index in [0.717, 1.165) is 5.56 Å². The van der Waals surface area contributed by atoms with Crippen LogP contribution in [-0.2, 0) is 6.42 Å². The number of aliphatic hydroxyl groups excluding tert-OH is 1. The van der Waals surface area contributed by atoms with Crippen LogP contribution in [0.4, 0.5) is 0 Å². The van der Waals surface area contributed by atoms with Gasteiger partial charge in [-0.2, -0.15) is 0 Å². The molecule has 0 aliphatic heterocycles. The minimum absolute atomic E-state index is 0.124. The smallest absolute Gasteiger partial charge is 0.174 e. The first kappa shape index (κ1) is 10.2. The maximum atomic E-state index is 8.96. The molecule has 0 amide bonds. The molecule has 0 saturated heterocycles. The zero-order chi connectivity index (χ0) is 9.84. The molecule has 0 aliphatic carbocycles. The number of nitrogens with two attached hydrogens (primary N) is 1. The van der Waals surface area contributed by atoms with Crippen molar-refractivity contribution in [3.05, 3.63) is 35.4 Å². The molecular formula is C10H13NOS. The van der Waals surface area contributed by atoms with Crippen LogP contribution in [0.25, 0.3) is 0 Å². The second-order valence-electron chi connectivity index (χ2n) is 3.14. The van der Waals surface area contributed by atoms with Crippen molar-refractivity contribution in [1.29, 1.82) is 0 Å². The Kier molecular flexibility index (Phi) is 3.39. The summed E-state index contributed by atoms with van der Waals surface area (Å²) in [6.45, 7) is 2.02. The fraction of sp³-hybridized carbons (Fsp3) is 0.300. The van der Waals surface area contributed by atoms with Crippen LogP contribution in [0.1, 0.15) is 11.1 Å². The molecule has 0 saturated carbocycles. The fourth-order valence-electron chi connectivity index (χ4n) is 1.18. The molecule has 0 aromatic heterocycles. The minimum atomic E-state index is -0.434. The Morgan fingerprint density at radius 2 is 2.31 bits per heavy atom. The highest BCUT2D eigenvalue weighted by molar-refractivity contribution is 7.80. The summed E-state index contributed by atoms with van der Waals surface area (Å²) in [5.74, 6) is 0. The van der Waals surface area contributed by atoms with Crippen molar-refractivity contribution in [1.82, 2.24) is 0 Å². The van der Waals surface area contributed by atoms with Crippen LogP contribution < -0.4 is 5.73 Å². The van der Waals surface area contributed by atoms with Crippen LogP contribution in [-0.4, -0.2) is 16.2 Å². The van der Waals surface area contributed by atoms with Crippen LogP contribution in [0.15, 0.2) is 24.3 Å². The molecule has 0 spiro atoms. The van der Waals surface area contributed by atoms with Crippen LogP contribution in [0, 0.1) is 6.92 Å². The molecule has 0 heterocycles. The molecule has 1 aromatic carbocycles. The van der Waals surface area contributed by atoms with E-state index in [0.29, 0.717) is 6.42 Å². The van der Waals surface area contributed by atoms with Gasteiger partial charge in [-0.15, -0.1) is 0 Å². The van der Waals surface area contributed by atoms with Crippen molar-refractivity contribution in [2.45, 2.75) is 19.4 Å². The molecule has 0 radical (unpaired) electrons. The van der Waals surface area contributed by atoms with Crippen molar-refractivity contribution in [3.63, 3.8) is 0 Å². The van der Waals surface area contributed by atoms with Gasteiger partial charge in [-0.25, -0.2) is 0 Å². The maximum absolute atomic E-state index is 8.96. The number of rotatable bonds is 3. The number of benzene rings is 1. The van der Waals surface area contributed by atoms with Gasteiger partial charge in [0.15, 0.2) is 5.05 Å². The average molecular weight is 195 g/mol. The quantitative estimate of drug-likeness (QED) is 0.722. The van der Waals surface area contributed by atoms with Crippen molar-refractivity contribution < 1.29 is 5.11 Å². The van der Waals surface area contributed by atoms with Crippen LogP contribution in [0.3, 0.4) is 0 Å². The molecular weight excluding hydrogens is 182 g/mol. The molecule has 70 valence electrons. The van der Waals surface area contributed by atoms with Gasteiger partial charge in [-0.05, 0) is 31.1 Å². The molecule has 0 unspecified atom stereocenters. The molecule has 13 heavy (non-hydrogen) atoms. The normalized spacial score (nSPS) is 12.5. The Morgan fingerprint density at radius 3 is 2.85 bits per heavy atom. The lowest BCUT2D eigenvalue weighted by Gasteiger charge is -2.08. The number of aliphatic hydroxyl groups is 1. The molecule has 3 N–H and O–H groups in total. The van der Waals surface area contributed by atoms with E-state index in [1.165, 1.54) is 5.56 Å². The third kappa shape index (κ3) is 3.13. The van der Waals surface area contributed by atoms with Gasteiger partial charge >= 0.3 is 0 Å². The van der Waals surface area contributed by atoms with Gasteiger partial charge in [0, 0.05) is 0 Å². The van der Waals surface area contributed by atoms with Gasteiger partial charge < -0.3 is 10.8 Å². The lowest BCUT2D eigenvalue weighted by Crippen LogP contribution is -2.30. The summed E-state index contributed by atoms with van der Waals surface area (Å²) in [4.78, 5) is 0. The van der Waals surface area contributed by atoms with E-state index in [1.54, 1.807) is 0 Å². The summed E-state index contributed by atoms with van der Waals surface area (Å²) in [7, 11) is 0. The third-order valence-electron chi connectivity index (χ3n) is 1.86. The molecule has 1 aromatic rings. The predicted octanol–water partition coefficient (Wildman–Crippen LogP) is 1.75. The van der Waals surface area contributed by atoms with Crippen LogP contribution >= 0.6 is 12.2 Å². The highest BCUT2D eigenvalue weighted by atomic mass is 32.1. The Balaban J connectivity index is 2.69. The predicted molar refractivity (Wildman–Crippen MR) is 58.1 cm³/mol. The first-order chi connectivity index (χ1) is 6.09. The van der Waals surface area contributed by atoms with E-state index >= 15 is 0 Å². The standard InChI is InChI=1S/C10H13NOS/c1-7-3-2-4-8(5-7)6-9(11)10(12)13/h2-5,9H,6,11H2,1H3,(H,12,13)/t9-/m0/s1. The average Bonchev–Trinajstić information content (AvgIpc) is 2.04. The van der Waals surface area contributed by atoms with Gasteiger partial charge in [-0.3, -0.25) is 0 Å². The van der Waals surface area contributed by atoms with E-state index < -0.39 is 6.04 Å². The maximum Gasteiger partial charge on any atom is 0.174 e. The first-order valence-corrected chi connectivity index (χ1v) is 4.54. The van der Waals surface area contributed by atoms with E-state index in [2.05, 4.69) is 12.2 Å². The van der Waals surface area contributed by atoms with Gasteiger partial charge in [0.25, 0.3) is 0 Å². The van der Waals surface area contributed by atoms with E-state index in [1.807, 2.05) is 31.2 Å². The summed E-state index contributed by atoms with van der Waals surface area (Å²) in [5.41, 5.74) is 7.90. The largest absolute Gasteiger partial charge is 0.501 e. The zero-order valence-corrected chi connectivity index (χ0v) is 8.34. The number of thiocarbonyl (C=S) groups is 1. The Labute approximate surface area is 83.4 Å². The molecule has 0 bridgehead atoms. The summed E-state index contributed by atoms with van der Waals surface area (Å²) < 4.78 is 0. The topological polar surface area (TPSA) is 46.2 Å². The third-order valence-corrected chi connectivity index (χ3v) is 2.16. The Bertz CT molecular complexity index is 312. The number of hydrogen-bond acceptors (Lipinski definition) is 2. The van der Waals surface area contributed by atoms with Gasteiger partial charge in [0.1, 0.15) is 0 Å². The van der Waals surface area contributed by atoms with Crippen LogP contribution in [0.2, 0.25) is 0 Å². The molecule has 0 aliphatic rings. The summed E-state index contributed by atoms with van der Waals surface area (Å²) >= 11 is 4.58. The van der Waals surface area contributed by atoms with Crippen molar-refractivity contribution in [3.8, 4) is 0 Å². The highest BCUT2D eigenvalue weighted by Gasteiger charge is 2.07.